The summed E-state index contributed by atoms with van der Waals surface area (Å²) in [7, 11) is 0. The highest BCUT2D eigenvalue weighted by Gasteiger charge is 2.20. The zero-order valence-corrected chi connectivity index (χ0v) is 11.8. The number of likely N-dealkylation sites (tertiary alicyclic amines) is 1. The van der Waals surface area contributed by atoms with Gasteiger partial charge in [0.15, 0.2) is 0 Å². The van der Waals surface area contributed by atoms with Crippen molar-refractivity contribution in [3.05, 3.63) is 41.6 Å². The molecule has 1 aliphatic heterocycles. The molecule has 0 amide bonds. The molecule has 0 saturated carbocycles. The van der Waals surface area contributed by atoms with Crippen LogP contribution in [0, 0.1) is 24.2 Å². The first-order valence-corrected chi connectivity index (χ1v) is 7.23. The normalized spacial score (nSPS) is 19.9. The Hall–Kier alpha value is -1.92. The Balaban J connectivity index is 1.90. The molecule has 1 fully saturated rings. The molecule has 0 unspecified atom stereocenters. The number of rotatable bonds is 2. The molecule has 20 heavy (non-hydrogen) atoms. The molecular formula is C17H19N3. The SMILES string of the molecule is Cc1ccc2ncccc2c1CN1CCC[C@@H](C#N)C1. The summed E-state index contributed by atoms with van der Waals surface area (Å²) in [6.45, 7) is 5.07. The highest BCUT2D eigenvalue weighted by atomic mass is 15.1. The zero-order valence-electron chi connectivity index (χ0n) is 11.8. The number of piperidine rings is 1. The third-order valence-corrected chi connectivity index (χ3v) is 4.20. The quantitative estimate of drug-likeness (QED) is 0.836. The average Bonchev–Trinajstić information content (AvgIpc) is 2.50. The summed E-state index contributed by atoms with van der Waals surface area (Å²) in [4.78, 5) is 6.85. The van der Waals surface area contributed by atoms with Crippen LogP contribution < -0.4 is 0 Å². The van der Waals surface area contributed by atoms with E-state index >= 15 is 0 Å². The third kappa shape index (κ3) is 2.52. The van der Waals surface area contributed by atoms with Gasteiger partial charge < -0.3 is 0 Å². The van der Waals surface area contributed by atoms with E-state index in [-0.39, 0.29) is 5.92 Å². The van der Waals surface area contributed by atoms with Crippen LogP contribution >= 0.6 is 0 Å². The molecule has 1 aromatic heterocycles. The van der Waals surface area contributed by atoms with E-state index in [1.165, 1.54) is 16.5 Å². The van der Waals surface area contributed by atoms with E-state index < -0.39 is 0 Å². The van der Waals surface area contributed by atoms with Gasteiger partial charge in [0.2, 0.25) is 0 Å². The second-order valence-electron chi connectivity index (χ2n) is 5.63. The molecule has 0 bridgehead atoms. The van der Waals surface area contributed by atoms with Crippen molar-refractivity contribution >= 4 is 10.9 Å². The van der Waals surface area contributed by atoms with Crippen LogP contribution in [-0.4, -0.2) is 23.0 Å². The lowest BCUT2D eigenvalue weighted by Gasteiger charge is -2.30. The maximum absolute atomic E-state index is 9.11. The molecule has 2 aromatic rings. The molecule has 2 heterocycles. The topological polar surface area (TPSA) is 39.9 Å². The second kappa shape index (κ2) is 5.60. The first kappa shape index (κ1) is 13.1. The minimum atomic E-state index is 0.192. The lowest BCUT2D eigenvalue weighted by molar-refractivity contribution is 0.192. The number of aryl methyl sites for hydroxylation is 1. The van der Waals surface area contributed by atoms with Gasteiger partial charge in [0.05, 0.1) is 17.5 Å². The number of pyridine rings is 1. The van der Waals surface area contributed by atoms with E-state index in [2.05, 4.69) is 41.1 Å². The minimum absolute atomic E-state index is 0.192. The van der Waals surface area contributed by atoms with Gasteiger partial charge in [0, 0.05) is 24.7 Å². The molecule has 1 aromatic carbocycles. The van der Waals surface area contributed by atoms with Gasteiger partial charge in [-0.05, 0) is 49.6 Å². The van der Waals surface area contributed by atoms with Gasteiger partial charge in [0.25, 0.3) is 0 Å². The van der Waals surface area contributed by atoms with Crippen LogP contribution in [0.5, 0.6) is 0 Å². The number of fused-ring (bicyclic) bond motifs is 1. The number of aromatic nitrogens is 1. The first-order valence-electron chi connectivity index (χ1n) is 7.23. The minimum Gasteiger partial charge on any atom is -0.298 e. The van der Waals surface area contributed by atoms with E-state index in [4.69, 9.17) is 5.26 Å². The van der Waals surface area contributed by atoms with Crippen LogP contribution in [0.15, 0.2) is 30.5 Å². The number of hydrogen-bond acceptors (Lipinski definition) is 3. The van der Waals surface area contributed by atoms with Crippen molar-refractivity contribution in [2.24, 2.45) is 5.92 Å². The van der Waals surface area contributed by atoms with Gasteiger partial charge in [-0.2, -0.15) is 5.26 Å². The molecule has 0 N–H and O–H groups in total. The number of nitriles is 1. The summed E-state index contributed by atoms with van der Waals surface area (Å²) in [5, 5.41) is 10.4. The van der Waals surface area contributed by atoms with Crippen molar-refractivity contribution in [3.63, 3.8) is 0 Å². The highest BCUT2D eigenvalue weighted by Crippen LogP contribution is 2.24. The van der Waals surface area contributed by atoms with E-state index in [1.54, 1.807) is 0 Å². The van der Waals surface area contributed by atoms with Gasteiger partial charge in [-0.3, -0.25) is 9.88 Å². The van der Waals surface area contributed by atoms with Crippen LogP contribution in [0.25, 0.3) is 10.9 Å². The molecule has 0 spiro atoms. The summed E-state index contributed by atoms with van der Waals surface area (Å²) < 4.78 is 0. The smallest absolute Gasteiger partial charge is 0.0705 e. The van der Waals surface area contributed by atoms with Crippen LogP contribution in [0.3, 0.4) is 0 Å². The number of benzene rings is 1. The molecule has 3 heteroatoms. The molecule has 3 rings (SSSR count). The Labute approximate surface area is 119 Å². The van der Waals surface area contributed by atoms with Gasteiger partial charge >= 0.3 is 0 Å². The number of hydrogen-bond donors (Lipinski definition) is 0. The van der Waals surface area contributed by atoms with E-state index in [0.29, 0.717) is 0 Å². The molecule has 102 valence electrons. The van der Waals surface area contributed by atoms with Crippen molar-refractivity contribution in [1.82, 2.24) is 9.88 Å². The Bertz CT molecular complexity index is 657. The van der Waals surface area contributed by atoms with Gasteiger partial charge in [0.1, 0.15) is 0 Å². The predicted molar refractivity (Wildman–Crippen MR) is 80.1 cm³/mol. The fraction of sp³-hybridized carbons (Fsp3) is 0.412. The molecule has 0 aliphatic carbocycles. The molecule has 1 aliphatic rings. The van der Waals surface area contributed by atoms with Gasteiger partial charge in [-0.25, -0.2) is 0 Å². The van der Waals surface area contributed by atoms with Gasteiger partial charge in [-0.15, -0.1) is 0 Å². The van der Waals surface area contributed by atoms with E-state index in [9.17, 15) is 0 Å². The van der Waals surface area contributed by atoms with Crippen molar-refractivity contribution in [2.75, 3.05) is 13.1 Å². The van der Waals surface area contributed by atoms with Crippen molar-refractivity contribution in [1.29, 1.82) is 5.26 Å². The maximum atomic E-state index is 9.11. The third-order valence-electron chi connectivity index (χ3n) is 4.20. The molecular weight excluding hydrogens is 246 g/mol. The molecule has 3 nitrogen and oxygen atoms in total. The highest BCUT2D eigenvalue weighted by molar-refractivity contribution is 5.83. The van der Waals surface area contributed by atoms with Crippen LogP contribution in [0.4, 0.5) is 0 Å². The summed E-state index contributed by atoms with van der Waals surface area (Å²) >= 11 is 0. The molecule has 1 saturated heterocycles. The lowest BCUT2D eigenvalue weighted by atomic mass is 9.97. The zero-order chi connectivity index (χ0) is 13.9. The summed E-state index contributed by atoms with van der Waals surface area (Å²) in [5.41, 5.74) is 3.72. The summed E-state index contributed by atoms with van der Waals surface area (Å²) in [6.07, 6.45) is 4.01. The summed E-state index contributed by atoms with van der Waals surface area (Å²) in [6, 6.07) is 10.8. The Morgan fingerprint density at radius 3 is 3.15 bits per heavy atom. The molecule has 1 atom stereocenters. The maximum Gasteiger partial charge on any atom is 0.0705 e. The van der Waals surface area contributed by atoms with Crippen molar-refractivity contribution < 1.29 is 0 Å². The predicted octanol–water partition coefficient (Wildman–Crippen LogP) is 3.28. The van der Waals surface area contributed by atoms with E-state index in [1.807, 2.05) is 12.3 Å². The Kier molecular flexibility index (Phi) is 3.66. The van der Waals surface area contributed by atoms with Gasteiger partial charge in [-0.1, -0.05) is 12.1 Å². The standard InChI is InChI=1S/C17H19N3/c1-13-6-7-17-15(5-2-8-19-17)16(13)12-20-9-3-4-14(10-18)11-20/h2,5-8,14H,3-4,9,11-12H2,1H3/t14-/m0/s1. The van der Waals surface area contributed by atoms with Crippen LogP contribution in [0.2, 0.25) is 0 Å². The lowest BCUT2D eigenvalue weighted by Crippen LogP contribution is -2.34. The number of nitrogens with zero attached hydrogens (tertiary/aromatic N) is 3. The first-order chi connectivity index (χ1) is 9.78. The van der Waals surface area contributed by atoms with Crippen LogP contribution in [0.1, 0.15) is 24.0 Å². The Morgan fingerprint density at radius 2 is 2.30 bits per heavy atom. The largest absolute Gasteiger partial charge is 0.298 e. The monoisotopic (exact) mass is 265 g/mol. The van der Waals surface area contributed by atoms with Crippen LogP contribution in [-0.2, 0) is 6.54 Å². The fourth-order valence-electron chi connectivity index (χ4n) is 3.06. The van der Waals surface area contributed by atoms with E-state index in [0.717, 1.165) is 38.0 Å². The average molecular weight is 265 g/mol. The molecule has 0 radical (unpaired) electrons. The Morgan fingerprint density at radius 1 is 1.40 bits per heavy atom. The van der Waals surface area contributed by atoms with Crippen molar-refractivity contribution in [3.8, 4) is 6.07 Å². The van der Waals surface area contributed by atoms with Crippen molar-refractivity contribution in [2.45, 2.75) is 26.3 Å². The second-order valence-corrected chi connectivity index (χ2v) is 5.63. The fourth-order valence-corrected chi connectivity index (χ4v) is 3.06. The summed E-state index contributed by atoms with van der Waals surface area (Å²) in [5.74, 6) is 0.192.